The fourth-order valence-corrected chi connectivity index (χ4v) is 3.20. The number of carbonyl (C=O) groups excluding carboxylic acids is 1. The van der Waals surface area contributed by atoms with Crippen molar-refractivity contribution in [2.45, 2.75) is 13.1 Å². The van der Waals surface area contributed by atoms with Gasteiger partial charge >= 0.3 is 6.18 Å². The number of amides is 1. The Hall–Kier alpha value is -4.21. The zero-order valence-corrected chi connectivity index (χ0v) is 16.5. The number of hydrogen-bond acceptors (Lipinski definition) is 5. The Morgan fingerprint density at radius 1 is 1.09 bits per heavy atom. The molecule has 0 atom stereocenters. The molecule has 0 spiro atoms. The van der Waals surface area contributed by atoms with E-state index >= 15 is 0 Å². The zero-order valence-electron chi connectivity index (χ0n) is 16.5. The van der Waals surface area contributed by atoms with Crippen LogP contribution in [0.2, 0.25) is 0 Å². The molecule has 3 aromatic rings. The Bertz CT molecular complexity index is 1280. The van der Waals surface area contributed by atoms with Gasteiger partial charge in [-0.15, -0.1) is 0 Å². The van der Waals surface area contributed by atoms with Crippen LogP contribution >= 0.6 is 0 Å². The molecule has 0 saturated carbocycles. The number of nitro benzene ring substituents is 1. The first kappa shape index (κ1) is 21.0. The predicted molar refractivity (Wildman–Crippen MR) is 111 cm³/mol. The fraction of sp³-hybridized carbons (Fsp3) is 0.0909. The second-order valence-electron chi connectivity index (χ2n) is 6.92. The molecule has 0 bridgehead atoms. The molecule has 7 nitrogen and oxygen atoms in total. The van der Waals surface area contributed by atoms with E-state index in [9.17, 15) is 28.1 Å². The lowest BCUT2D eigenvalue weighted by atomic mass is 10.1. The Balaban J connectivity index is 1.73. The maximum Gasteiger partial charge on any atom is 0.435 e. The number of nitrogens with zero attached hydrogens (tertiary/aromatic N) is 3. The molecule has 1 amide bonds. The second-order valence-corrected chi connectivity index (χ2v) is 6.92. The molecule has 0 unspecified atom stereocenters. The highest BCUT2D eigenvalue weighted by atomic mass is 19.4. The quantitative estimate of drug-likeness (QED) is 0.303. The number of nitro groups is 1. The molecule has 1 aliphatic rings. The average molecular weight is 441 g/mol. The number of hydrazone groups is 1. The summed E-state index contributed by atoms with van der Waals surface area (Å²) >= 11 is 0. The minimum Gasteiger partial charge on any atom is -0.457 e. The number of benzene rings is 2. The summed E-state index contributed by atoms with van der Waals surface area (Å²) in [6.45, 7) is 1.71. The van der Waals surface area contributed by atoms with Gasteiger partial charge in [0.25, 0.3) is 11.6 Å². The third-order valence-corrected chi connectivity index (χ3v) is 4.76. The molecule has 32 heavy (non-hydrogen) atoms. The van der Waals surface area contributed by atoms with Gasteiger partial charge in [-0.25, -0.2) is 0 Å². The highest BCUT2D eigenvalue weighted by molar-refractivity contribution is 6.34. The van der Waals surface area contributed by atoms with Crippen LogP contribution in [0.25, 0.3) is 17.4 Å². The van der Waals surface area contributed by atoms with Gasteiger partial charge in [-0.05, 0) is 42.8 Å². The molecule has 162 valence electrons. The summed E-state index contributed by atoms with van der Waals surface area (Å²) < 4.78 is 46.3. The van der Waals surface area contributed by atoms with Crippen molar-refractivity contribution in [3.8, 4) is 11.3 Å². The van der Waals surface area contributed by atoms with Crippen molar-refractivity contribution < 1.29 is 27.3 Å². The topological polar surface area (TPSA) is 89.0 Å². The number of hydrogen-bond donors (Lipinski definition) is 0. The molecule has 10 heteroatoms. The van der Waals surface area contributed by atoms with Gasteiger partial charge in [0.2, 0.25) is 0 Å². The van der Waals surface area contributed by atoms with Gasteiger partial charge in [-0.2, -0.15) is 23.3 Å². The number of anilines is 1. The molecule has 1 aromatic heterocycles. The molecule has 2 aromatic carbocycles. The van der Waals surface area contributed by atoms with Gasteiger partial charge in [-0.1, -0.05) is 24.3 Å². The highest BCUT2D eigenvalue weighted by Gasteiger charge is 2.47. The summed E-state index contributed by atoms with van der Waals surface area (Å²) in [7, 11) is 0. The molecule has 2 heterocycles. The SMILES string of the molecule is Cc1ccc([N+](=O)[O-])cc1-c1ccc(/C=C2/C(=O)N(c3ccccc3)N=C2C(F)(F)F)o1. The zero-order chi connectivity index (χ0) is 23.0. The van der Waals surface area contributed by atoms with Crippen molar-refractivity contribution in [1.82, 2.24) is 0 Å². The average Bonchev–Trinajstić information content (AvgIpc) is 3.34. The van der Waals surface area contributed by atoms with Crippen molar-refractivity contribution in [3.05, 3.63) is 87.7 Å². The Morgan fingerprint density at radius 3 is 2.47 bits per heavy atom. The number of rotatable bonds is 4. The third-order valence-electron chi connectivity index (χ3n) is 4.76. The van der Waals surface area contributed by atoms with E-state index in [-0.39, 0.29) is 22.9 Å². The van der Waals surface area contributed by atoms with Crippen molar-refractivity contribution in [3.63, 3.8) is 0 Å². The minimum atomic E-state index is -4.86. The fourth-order valence-electron chi connectivity index (χ4n) is 3.20. The standard InChI is InChI=1S/C22H14F3N3O4/c1-13-7-8-15(28(30)31)11-17(13)19-10-9-16(32-19)12-18-20(22(23,24)25)26-27(21(18)29)14-5-3-2-4-6-14/h2-12H,1H3/b18-12+. The summed E-state index contributed by atoms with van der Waals surface area (Å²) in [5, 5.41) is 15.2. The summed E-state index contributed by atoms with van der Waals surface area (Å²) in [5.74, 6) is -0.761. The van der Waals surface area contributed by atoms with Crippen molar-refractivity contribution >= 4 is 29.1 Å². The summed E-state index contributed by atoms with van der Waals surface area (Å²) in [6.07, 6.45) is -3.90. The molecular formula is C22H14F3N3O4. The summed E-state index contributed by atoms with van der Waals surface area (Å²) in [5.41, 5.74) is -0.882. The normalized spacial score (nSPS) is 15.4. The molecule has 0 radical (unpaired) electrons. The van der Waals surface area contributed by atoms with E-state index in [0.29, 0.717) is 16.1 Å². The number of carbonyl (C=O) groups is 1. The highest BCUT2D eigenvalue weighted by Crippen LogP contribution is 2.34. The molecule has 1 aliphatic heterocycles. The van der Waals surface area contributed by atoms with Crippen LogP contribution in [0.5, 0.6) is 0 Å². The van der Waals surface area contributed by atoms with Crippen LogP contribution in [0, 0.1) is 17.0 Å². The van der Waals surface area contributed by atoms with Crippen molar-refractivity contribution in [2.75, 3.05) is 5.01 Å². The van der Waals surface area contributed by atoms with E-state index in [4.69, 9.17) is 4.42 Å². The first-order chi connectivity index (χ1) is 15.1. The number of furan rings is 1. The predicted octanol–water partition coefficient (Wildman–Crippen LogP) is 5.51. The van der Waals surface area contributed by atoms with E-state index in [2.05, 4.69) is 5.10 Å². The molecule has 4 rings (SSSR count). The lowest BCUT2D eigenvalue weighted by molar-refractivity contribution is -0.384. The molecular weight excluding hydrogens is 427 g/mol. The minimum absolute atomic E-state index is 0.0267. The van der Waals surface area contributed by atoms with Crippen LogP contribution in [0.3, 0.4) is 0 Å². The lowest BCUT2D eigenvalue weighted by Crippen LogP contribution is -2.25. The largest absolute Gasteiger partial charge is 0.457 e. The number of non-ortho nitro benzene ring substituents is 1. The van der Waals surface area contributed by atoms with Gasteiger partial charge in [0.05, 0.1) is 16.2 Å². The third kappa shape index (κ3) is 3.89. The van der Waals surface area contributed by atoms with Crippen LogP contribution in [0.4, 0.5) is 24.5 Å². The maximum absolute atomic E-state index is 13.6. The number of halogens is 3. The van der Waals surface area contributed by atoms with E-state index in [1.54, 1.807) is 31.2 Å². The van der Waals surface area contributed by atoms with Crippen LogP contribution < -0.4 is 5.01 Å². The van der Waals surface area contributed by atoms with Gasteiger partial charge < -0.3 is 4.42 Å². The van der Waals surface area contributed by atoms with Crippen molar-refractivity contribution in [1.29, 1.82) is 0 Å². The molecule has 0 fully saturated rings. The smallest absolute Gasteiger partial charge is 0.435 e. The van der Waals surface area contributed by atoms with E-state index in [0.717, 1.165) is 6.08 Å². The lowest BCUT2D eigenvalue weighted by Gasteiger charge is -2.10. The summed E-state index contributed by atoms with van der Waals surface area (Å²) in [6, 6.07) is 14.8. The van der Waals surface area contributed by atoms with Gasteiger partial charge in [0.1, 0.15) is 11.5 Å². The van der Waals surface area contributed by atoms with Crippen LogP contribution in [-0.2, 0) is 4.79 Å². The monoisotopic (exact) mass is 441 g/mol. The Kier molecular flexibility index (Phi) is 5.13. The maximum atomic E-state index is 13.6. The summed E-state index contributed by atoms with van der Waals surface area (Å²) in [4.78, 5) is 23.2. The second kappa shape index (κ2) is 7.80. The molecule has 0 N–H and O–H groups in total. The molecule has 0 saturated heterocycles. The van der Waals surface area contributed by atoms with Crippen LogP contribution in [0.15, 0.2) is 75.8 Å². The van der Waals surface area contributed by atoms with Gasteiger partial charge in [-0.3, -0.25) is 14.9 Å². The Morgan fingerprint density at radius 2 is 1.81 bits per heavy atom. The first-order valence-corrected chi connectivity index (χ1v) is 9.28. The van der Waals surface area contributed by atoms with Crippen LogP contribution in [0.1, 0.15) is 11.3 Å². The van der Waals surface area contributed by atoms with E-state index in [1.807, 2.05) is 0 Å². The Labute approximate surface area is 179 Å². The number of para-hydroxylation sites is 1. The van der Waals surface area contributed by atoms with Gasteiger partial charge in [0, 0.05) is 17.7 Å². The number of aryl methyl sites for hydroxylation is 1. The van der Waals surface area contributed by atoms with Crippen LogP contribution in [-0.4, -0.2) is 22.7 Å². The van der Waals surface area contributed by atoms with Crippen molar-refractivity contribution in [2.24, 2.45) is 5.10 Å². The molecule has 0 aliphatic carbocycles. The van der Waals surface area contributed by atoms with E-state index in [1.165, 1.54) is 36.4 Å². The van der Waals surface area contributed by atoms with Gasteiger partial charge in [0.15, 0.2) is 5.71 Å². The first-order valence-electron chi connectivity index (χ1n) is 9.28. The number of alkyl halides is 3. The van der Waals surface area contributed by atoms with E-state index < -0.39 is 28.3 Å².